The summed E-state index contributed by atoms with van der Waals surface area (Å²) in [4.78, 5) is 9.44. The van der Waals surface area contributed by atoms with Gasteiger partial charge in [-0.25, -0.2) is 4.98 Å². The van der Waals surface area contributed by atoms with Crippen molar-refractivity contribution in [1.29, 1.82) is 0 Å². The number of hydrogen-bond acceptors (Lipinski definition) is 4. The maximum absolute atomic E-state index is 9.33. The van der Waals surface area contributed by atoms with E-state index in [4.69, 9.17) is 12.5 Å². The van der Waals surface area contributed by atoms with Crippen LogP contribution in [0.1, 0.15) is 58.2 Å². The number of rotatable bonds is 11. The van der Waals surface area contributed by atoms with Gasteiger partial charge in [0, 0.05) is 72.5 Å². The van der Waals surface area contributed by atoms with Crippen molar-refractivity contribution in [3.05, 3.63) is 285 Å². The zero-order valence-corrected chi connectivity index (χ0v) is 49.3. The Kier molecular flexibility index (Phi) is 12.8. The Labute approximate surface area is 497 Å². The van der Waals surface area contributed by atoms with Crippen LogP contribution in [0.4, 0.5) is 22.7 Å². The Balaban J connectivity index is 0.00000709. The van der Waals surface area contributed by atoms with E-state index in [0.717, 1.165) is 55.8 Å². The summed E-state index contributed by atoms with van der Waals surface area (Å²) < 4.78 is 45.3. The summed E-state index contributed by atoms with van der Waals surface area (Å²) in [5.74, 6) is 1.32. The Morgan fingerprint density at radius 2 is 1.01 bits per heavy atom. The summed E-state index contributed by atoms with van der Waals surface area (Å²) >= 11 is 0. The fourth-order valence-electron chi connectivity index (χ4n) is 11.5. The molecule has 0 saturated heterocycles. The molecule has 81 heavy (non-hydrogen) atoms. The second-order valence-corrected chi connectivity index (χ2v) is 26.4. The number of benzene rings is 10. The number of fused-ring (bicyclic) bond motifs is 4. The smallest absolute Gasteiger partial charge is 0.155 e. The third kappa shape index (κ3) is 9.71. The van der Waals surface area contributed by atoms with E-state index in [1.54, 1.807) is 10.8 Å². The first-order valence-electron chi connectivity index (χ1n) is 29.3. The average Bonchev–Trinajstić information content (AvgIpc) is 3.63. The summed E-state index contributed by atoms with van der Waals surface area (Å²) in [6, 6.07) is 85.9. The molecule has 10 aromatic carbocycles. The van der Waals surface area contributed by atoms with Crippen LogP contribution in [0.2, 0.25) is 0 Å². The summed E-state index contributed by atoms with van der Waals surface area (Å²) in [6.45, 7) is 15.4. The van der Waals surface area contributed by atoms with Gasteiger partial charge < -0.3 is 19.1 Å². The minimum absolute atomic E-state index is 0. The van der Waals surface area contributed by atoms with E-state index in [1.165, 1.54) is 21.1 Å². The average molecular weight is 1250 g/mol. The topological polar surface area (TPSA) is 33.5 Å². The van der Waals surface area contributed by atoms with Gasteiger partial charge in [0.15, 0.2) is 8.07 Å². The predicted molar refractivity (Wildman–Crippen MR) is 336 cm³/mol. The van der Waals surface area contributed by atoms with Gasteiger partial charge in [-0.3, -0.25) is 0 Å². The van der Waals surface area contributed by atoms with Gasteiger partial charge in [0.2, 0.25) is 0 Å². The number of hydrogen-bond donors (Lipinski definition) is 0. The van der Waals surface area contributed by atoms with E-state index in [-0.39, 0.29) is 56.1 Å². The molecule has 12 aromatic rings. The Hall–Kier alpha value is -8.54. The third-order valence-electron chi connectivity index (χ3n) is 15.5. The van der Waals surface area contributed by atoms with Crippen LogP contribution in [0.15, 0.2) is 255 Å². The van der Waals surface area contributed by atoms with Crippen LogP contribution < -0.4 is 35.3 Å². The van der Waals surface area contributed by atoms with Crippen LogP contribution in [0.5, 0.6) is 11.5 Å². The summed E-state index contributed by atoms with van der Waals surface area (Å²) in [6.07, 6.45) is 1.75. The number of nitrogens with zero attached hydrogens (tertiary/aromatic N) is 4. The van der Waals surface area contributed by atoms with Crippen molar-refractivity contribution in [3.63, 3.8) is 0 Å². The number of para-hydroxylation sites is 3. The van der Waals surface area contributed by atoms with E-state index in [9.17, 15) is 2.74 Å². The molecule has 7 heteroatoms. The largest absolute Gasteiger partial charge is 0.509 e. The fourth-order valence-corrected chi connectivity index (χ4v) is 16.3. The second-order valence-electron chi connectivity index (χ2n) is 22.6. The molecule has 0 radical (unpaired) electrons. The summed E-state index contributed by atoms with van der Waals surface area (Å²) in [7, 11) is -3.25. The molecule has 0 spiro atoms. The molecule has 0 unspecified atom stereocenters. The maximum atomic E-state index is 9.33. The third-order valence-corrected chi connectivity index (χ3v) is 20.3. The van der Waals surface area contributed by atoms with Crippen LogP contribution in [0.25, 0.3) is 49.9 Å². The predicted octanol–water partition coefficient (Wildman–Crippen LogP) is 16.3. The van der Waals surface area contributed by atoms with Crippen molar-refractivity contribution in [3.8, 4) is 39.6 Å². The molecule has 2 aromatic heterocycles. The van der Waals surface area contributed by atoms with E-state index in [1.807, 2.05) is 24.3 Å². The summed E-state index contributed by atoms with van der Waals surface area (Å²) in [5.41, 5.74) is 10.9. The quantitative estimate of drug-likeness (QED) is 0.0734. The van der Waals surface area contributed by atoms with Gasteiger partial charge in [-0.2, -0.15) is 6.07 Å². The number of anilines is 4. The molecule has 0 aliphatic carbocycles. The first-order chi connectivity index (χ1) is 40.6. The van der Waals surface area contributed by atoms with Gasteiger partial charge in [0.05, 0.1) is 5.48 Å². The minimum atomic E-state index is -3.25. The van der Waals surface area contributed by atoms with Crippen molar-refractivity contribution >= 4 is 73.4 Å². The van der Waals surface area contributed by atoms with Crippen molar-refractivity contribution in [2.24, 2.45) is 0 Å². The first-order valence-corrected chi connectivity index (χ1v) is 29.3. The molecule has 0 saturated carbocycles. The van der Waals surface area contributed by atoms with Gasteiger partial charge in [-0.05, 0) is 96.5 Å². The minimum Gasteiger partial charge on any atom is -0.509 e. The molecule has 13 rings (SSSR count). The Bertz CT molecular complexity index is 4300. The van der Waals surface area contributed by atoms with Crippen LogP contribution in [-0.2, 0) is 31.9 Å². The van der Waals surface area contributed by atoms with E-state index < -0.39 is 8.07 Å². The molecular weight excluding hydrogens is 1180 g/mol. The van der Waals surface area contributed by atoms with Gasteiger partial charge in [0.1, 0.15) is 5.82 Å². The molecular formula is C74H61N4OPtSi-3. The molecule has 1 aliphatic heterocycles. The monoisotopic (exact) mass is 1250 g/mol. The van der Waals surface area contributed by atoms with Gasteiger partial charge in [-0.15, -0.1) is 53.3 Å². The Morgan fingerprint density at radius 3 is 1.57 bits per heavy atom. The van der Waals surface area contributed by atoms with Crippen molar-refractivity contribution in [2.75, 3.05) is 9.80 Å². The van der Waals surface area contributed by atoms with Crippen LogP contribution in [0, 0.1) is 18.8 Å². The normalized spacial score (nSPS) is 13.3. The number of ether oxygens (including phenoxy) is 1. The molecule has 0 atom stereocenters. The van der Waals surface area contributed by atoms with Crippen LogP contribution in [0.3, 0.4) is 0 Å². The standard InChI is InChI=1S/C74H61N4OSi.Pt/c1-73(2,3)54-42-43-75-71(46-54)78-67-37-23-22-36-63(67)64-41-40-57(50-70(64)78)79-58-47-56(48-62(49-58)80(59-30-16-9-17-31-59,60-32-18-10-19-33-60)61-34-20-11-21-35-61)76-51-77(69-39-25-24-38-68(69)76)72-65(52-26-12-7-13-27-52)44-55(74(4,5)6)45-66(72)53-28-14-8-15-29-53;/h7-46,48-49,51H,1-6H3;/q-3;/i22D,23D,36D,37D;. The molecule has 3 heterocycles. The first kappa shape index (κ1) is 48.4. The van der Waals surface area contributed by atoms with Crippen LogP contribution >= 0.6 is 0 Å². The SMILES string of the molecule is [2H]c1c([2H])c([2H])c2c(c1[2H])c1ccc(Oc3[c-]c(N4[CH-]N(c5c(-c6ccccc6)cc(C(C)(C)C)cc5-c5ccccc5)c5ccccc54)cc([Si](c4ccccc4)(c4ccccc4)c4ccccc4)c3)[c-]c1n2-c1cc(C(C)(C)C)ccn1.[Pt]. The van der Waals surface area contributed by atoms with Crippen molar-refractivity contribution < 1.29 is 31.3 Å². The summed E-state index contributed by atoms with van der Waals surface area (Å²) in [5, 5.41) is 5.62. The van der Waals surface area contributed by atoms with Gasteiger partial charge in [-0.1, -0.05) is 229 Å². The number of pyridine rings is 1. The fraction of sp³-hybridized carbons (Fsp3) is 0.108. The van der Waals surface area contributed by atoms with Crippen LogP contribution in [-0.4, -0.2) is 17.6 Å². The zero-order valence-electron chi connectivity index (χ0n) is 50.0. The second kappa shape index (κ2) is 21.5. The van der Waals surface area contributed by atoms with E-state index >= 15 is 0 Å². The molecule has 0 fully saturated rings. The molecule has 400 valence electrons. The van der Waals surface area contributed by atoms with Crippen molar-refractivity contribution in [2.45, 2.75) is 52.4 Å². The molecule has 0 amide bonds. The molecule has 5 nitrogen and oxygen atoms in total. The van der Waals surface area contributed by atoms with E-state index in [0.29, 0.717) is 39.1 Å². The van der Waals surface area contributed by atoms with Gasteiger partial charge >= 0.3 is 0 Å². The molecule has 1 aliphatic rings. The Morgan fingerprint density at radius 1 is 0.494 bits per heavy atom. The molecule has 0 bridgehead atoms. The maximum Gasteiger partial charge on any atom is 0.155 e. The zero-order chi connectivity index (χ0) is 58.1. The van der Waals surface area contributed by atoms with Crippen molar-refractivity contribution in [1.82, 2.24) is 9.55 Å². The van der Waals surface area contributed by atoms with Gasteiger partial charge in [0.25, 0.3) is 0 Å². The number of aromatic nitrogens is 2. The molecule has 0 N–H and O–H groups in total. The van der Waals surface area contributed by atoms with E-state index in [2.05, 4.69) is 270 Å².